The summed E-state index contributed by atoms with van der Waals surface area (Å²) in [5.41, 5.74) is 2.23. The van der Waals surface area contributed by atoms with Crippen LogP contribution >= 0.6 is 0 Å². The van der Waals surface area contributed by atoms with Gasteiger partial charge in [0, 0.05) is 5.92 Å². The Morgan fingerprint density at radius 1 is 1.14 bits per heavy atom. The van der Waals surface area contributed by atoms with Crippen molar-refractivity contribution in [1.82, 2.24) is 0 Å². The van der Waals surface area contributed by atoms with E-state index in [0.29, 0.717) is 18.8 Å². The maximum atomic E-state index is 12.9. The van der Waals surface area contributed by atoms with Crippen LogP contribution in [0.3, 0.4) is 0 Å². The Morgan fingerprint density at radius 3 is 2.34 bits per heavy atom. The Bertz CT molecular complexity index is 776. The number of esters is 1. The molecule has 0 amide bonds. The standard InChI is InChI=1S/C25H34O4/c1-16(14-18-10-12-19(13-11-18)25(2,3)4)22(26)21-23(27)20(29-24(21)28)15-17-8-6-5-7-9-17/h10-13,16-17,20,27H,5-9,14-15H2,1-4H3. The van der Waals surface area contributed by atoms with Crippen LogP contribution in [-0.4, -0.2) is 23.0 Å². The zero-order valence-electron chi connectivity index (χ0n) is 18.2. The van der Waals surface area contributed by atoms with Gasteiger partial charge in [0.2, 0.25) is 0 Å². The fourth-order valence-electron chi connectivity index (χ4n) is 4.46. The fraction of sp³-hybridized carbons (Fsp3) is 0.600. The topological polar surface area (TPSA) is 63.6 Å². The van der Waals surface area contributed by atoms with Crippen molar-refractivity contribution in [2.75, 3.05) is 0 Å². The highest BCUT2D eigenvalue weighted by Gasteiger charge is 2.40. The summed E-state index contributed by atoms with van der Waals surface area (Å²) in [6.07, 6.45) is 6.33. The number of ketones is 1. The number of ether oxygens (including phenoxy) is 1. The molecule has 0 bridgehead atoms. The van der Waals surface area contributed by atoms with Crippen molar-refractivity contribution in [3.8, 4) is 0 Å². The van der Waals surface area contributed by atoms with Gasteiger partial charge in [-0.2, -0.15) is 0 Å². The minimum absolute atomic E-state index is 0.0809. The number of cyclic esters (lactones) is 1. The van der Waals surface area contributed by atoms with Crippen LogP contribution in [0.5, 0.6) is 0 Å². The maximum Gasteiger partial charge on any atom is 0.346 e. The SMILES string of the molecule is CC(Cc1ccc(C(C)(C)C)cc1)C(=O)C1=C(O)C(CC2CCCCC2)OC1=O. The third kappa shape index (κ3) is 5.09. The van der Waals surface area contributed by atoms with Gasteiger partial charge in [0.25, 0.3) is 0 Å². The summed E-state index contributed by atoms with van der Waals surface area (Å²) in [4.78, 5) is 25.2. The molecule has 1 aliphatic heterocycles. The Labute approximate surface area is 174 Å². The van der Waals surface area contributed by atoms with Crippen molar-refractivity contribution in [1.29, 1.82) is 0 Å². The van der Waals surface area contributed by atoms with E-state index in [1.165, 1.54) is 24.8 Å². The molecule has 2 aliphatic rings. The molecule has 3 rings (SSSR count). The lowest BCUT2D eigenvalue weighted by Crippen LogP contribution is -2.20. The van der Waals surface area contributed by atoms with Crippen LogP contribution < -0.4 is 0 Å². The lowest BCUT2D eigenvalue weighted by Gasteiger charge is -2.23. The normalized spacial score (nSPS) is 21.9. The number of hydrogen-bond acceptors (Lipinski definition) is 4. The third-order valence-corrected chi connectivity index (χ3v) is 6.34. The molecule has 2 atom stereocenters. The van der Waals surface area contributed by atoms with E-state index in [9.17, 15) is 14.7 Å². The third-order valence-electron chi connectivity index (χ3n) is 6.34. The molecular weight excluding hydrogens is 364 g/mol. The van der Waals surface area contributed by atoms with Gasteiger partial charge < -0.3 is 9.84 Å². The first-order valence-corrected chi connectivity index (χ1v) is 10.9. The van der Waals surface area contributed by atoms with Gasteiger partial charge in [-0.15, -0.1) is 0 Å². The van der Waals surface area contributed by atoms with Crippen LogP contribution in [0.15, 0.2) is 35.6 Å². The predicted octanol–water partition coefficient (Wildman–Crippen LogP) is 5.44. The molecule has 158 valence electrons. The lowest BCUT2D eigenvalue weighted by molar-refractivity contribution is -0.142. The van der Waals surface area contributed by atoms with Crippen molar-refractivity contribution in [3.63, 3.8) is 0 Å². The van der Waals surface area contributed by atoms with Crippen LogP contribution in [0.1, 0.15) is 77.3 Å². The molecule has 1 N–H and O–H groups in total. The summed E-state index contributed by atoms with van der Waals surface area (Å²) in [7, 11) is 0. The smallest absolute Gasteiger partial charge is 0.346 e. The largest absolute Gasteiger partial charge is 0.507 e. The van der Waals surface area contributed by atoms with E-state index in [1.54, 1.807) is 0 Å². The van der Waals surface area contributed by atoms with E-state index in [2.05, 4.69) is 32.9 Å². The summed E-state index contributed by atoms with van der Waals surface area (Å²) in [6.45, 7) is 8.30. The van der Waals surface area contributed by atoms with Gasteiger partial charge >= 0.3 is 5.97 Å². The van der Waals surface area contributed by atoms with E-state index in [0.717, 1.165) is 18.4 Å². The first-order valence-electron chi connectivity index (χ1n) is 10.9. The molecular formula is C25H34O4. The van der Waals surface area contributed by atoms with E-state index < -0.39 is 18.0 Å². The predicted molar refractivity (Wildman–Crippen MR) is 114 cm³/mol. The van der Waals surface area contributed by atoms with Gasteiger partial charge in [0.1, 0.15) is 5.57 Å². The molecule has 1 fully saturated rings. The molecule has 1 heterocycles. The summed E-state index contributed by atoms with van der Waals surface area (Å²) < 4.78 is 5.38. The molecule has 1 aromatic carbocycles. The van der Waals surface area contributed by atoms with Gasteiger partial charge in [-0.1, -0.05) is 84.1 Å². The van der Waals surface area contributed by atoms with Gasteiger partial charge in [-0.25, -0.2) is 4.79 Å². The Balaban J connectivity index is 1.66. The summed E-state index contributed by atoms with van der Waals surface area (Å²) in [6, 6.07) is 8.26. The number of rotatable bonds is 6. The first kappa shape index (κ1) is 21.6. The van der Waals surface area contributed by atoms with E-state index in [-0.39, 0.29) is 22.5 Å². The first-order chi connectivity index (χ1) is 13.7. The maximum absolute atomic E-state index is 12.9. The van der Waals surface area contributed by atoms with Gasteiger partial charge in [0.15, 0.2) is 17.6 Å². The van der Waals surface area contributed by atoms with Crippen molar-refractivity contribution < 1.29 is 19.4 Å². The van der Waals surface area contributed by atoms with Crippen LogP contribution in [0.4, 0.5) is 0 Å². The van der Waals surface area contributed by atoms with Crippen molar-refractivity contribution in [3.05, 3.63) is 46.7 Å². The van der Waals surface area contributed by atoms with Crippen molar-refractivity contribution in [2.24, 2.45) is 11.8 Å². The van der Waals surface area contributed by atoms with Crippen LogP contribution in [0, 0.1) is 11.8 Å². The van der Waals surface area contributed by atoms with Crippen molar-refractivity contribution >= 4 is 11.8 Å². The quantitative estimate of drug-likeness (QED) is 0.512. The van der Waals surface area contributed by atoms with Crippen LogP contribution in [0.25, 0.3) is 0 Å². The van der Waals surface area contributed by atoms with Crippen LogP contribution in [0.2, 0.25) is 0 Å². The Hall–Kier alpha value is -2.10. The molecule has 4 nitrogen and oxygen atoms in total. The minimum atomic E-state index is -0.664. The van der Waals surface area contributed by atoms with E-state index in [1.807, 2.05) is 19.1 Å². The number of carbonyl (C=O) groups is 2. The lowest BCUT2D eigenvalue weighted by atomic mass is 9.84. The highest BCUT2D eigenvalue weighted by atomic mass is 16.6. The Morgan fingerprint density at radius 2 is 1.76 bits per heavy atom. The Kier molecular flexibility index (Phi) is 6.50. The molecule has 0 radical (unpaired) electrons. The summed E-state index contributed by atoms with van der Waals surface area (Å²) in [5, 5.41) is 10.6. The highest BCUT2D eigenvalue weighted by molar-refractivity contribution is 6.19. The second-order valence-corrected chi connectivity index (χ2v) is 9.81. The number of aliphatic hydroxyl groups excluding tert-OH is 1. The molecule has 4 heteroatoms. The number of benzene rings is 1. The highest BCUT2D eigenvalue weighted by Crippen LogP contribution is 2.34. The zero-order valence-corrected chi connectivity index (χ0v) is 18.2. The van der Waals surface area contributed by atoms with Gasteiger partial charge in [-0.05, 0) is 35.3 Å². The summed E-state index contributed by atoms with van der Waals surface area (Å²) >= 11 is 0. The fourth-order valence-corrected chi connectivity index (χ4v) is 4.46. The molecule has 1 saturated carbocycles. The molecule has 29 heavy (non-hydrogen) atoms. The number of Topliss-reactive ketones (excluding diaryl/α,β-unsaturated/α-hetero) is 1. The molecule has 0 saturated heterocycles. The van der Waals surface area contributed by atoms with Crippen LogP contribution in [-0.2, 0) is 26.2 Å². The molecule has 0 aromatic heterocycles. The molecule has 0 spiro atoms. The molecule has 1 aliphatic carbocycles. The second-order valence-electron chi connectivity index (χ2n) is 9.81. The number of hydrogen-bond donors (Lipinski definition) is 1. The zero-order chi connectivity index (χ0) is 21.2. The molecule has 2 unspecified atom stereocenters. The van der Waals surface area contributed by atoms with Gasteiger partial charge in [0.05, 0.1) is 0 Å². The summed E-state index contributed by atoms with van der Waals surface area (Å²) in [5.74, 6) is -1.08. The van der Waals surface area contributed by atoms with E-state index in [4.69, 9.17) is 4.74 Å². The number of carbonyl (C=O) groups excluding carboxylic acids is 2. The molecule has 1 aromatic rings. The van der Waals surface area contributed by atoms with Gasteiger partial charge in [-0.3, -0.25) is 4.79 Å². The second kappa shape index (κ2) is 8.73. The number of aliphatic hydroxyl groups is 1. The minimum Gasteiger partial charge on any atom is -0.507 e. The average Bonchev–Trinajstić information content (AvgIpc) is 2.95. The monoisotopic (exact) mass is 398 g/mol. The average molecular weight is 399 g/mol. The van der Waals surface area contributed by atoms with Crippen molar-refractivity contribution in [2.45, 2.75) is 84.2 Å². The van der Waals surface area contributed by atoms with E-state index >= 15 is 0 Å².